The third-order valence-corrected chi connectivity index (χ3v) is 6.91. The number of hydrogen-bond donors (Lipinski definition) is 1. The van der Waals surface area contributed by atoms with Crippen LogP contribution in [0.15, 0.2) is 0 Å². The van der Waals surface area contributed by atoms with Crippen LogP contribution in [0.4, 0.5) is 0 Å². The fourth-order valence-corrected chi connectivity index (χ4v) is 4.66. The Hall–Kier alpha value is -0.700. The number of sulfonamides is 1. The van der Waals surface area contributed by atoms with Crippen LogP contribution in [0.5, 0.6) is 0 Å². The van der Waals surface area contributed by atoms with Gasteiger partial charge in [-0.2, -0.15) is 0 Å². The average molecular weight is 348 g/mol. The number of aliphatic hydroxyl groups excluding tert-OH is 1. The summed E-state index contributed by atoms with van der Waals surface area (Å²) in [7, 11) is -1.70. The Bertz CT molecular complexity index is 518. The highest BCUT2D eigenvalue weighted by atomic mass is 32.2. The molecule has 0 aromatic carbocycles. The SMILES string of the molecule is CCS(=O)(=O)N1CCCC(C(=O)N2CCCC(CO)(OC)C2)C1. The van der Waals surface area contributed by atoms with Crippen molar-refractivity contribution in [1.82, 2.24) is 9.21 Å². The van der Waals surface area contributed by atoms with E-state index in [4.69, 9.17) is 4.74 Å². The lowest BCUT2D eigenvalue weighted by Crippen LogP contribution is -2.56. The molecular formula is C15H28N2O5S. The van der Waals surface area contributed by atoms with Crippen molar-refractivity contribution >= 4 is 15.9 Å². The van der Waals surface area contributed by atoms with Crippen molar-refractivity contribution in [2.75, 3.05) is 45.6 Å². The van der Waals surface area contributed by atoms with E-state index in [1.807, 2.05) is 0 Å². The van der Waals surface area contributed by atoms with E-state index in [2.05, 4.69) is 0 Å². The fourth-order valence-electron chi connectivity index (χ4n) is 3.48. The fraction of sp³-hybridized carbons (Fsp3) is 0.933. The van der Waals surface area contributed by atoms with Crippen LogP contribution in [0.2, 0.25) is 0 Å². The van der Waals surface area contributed by atoms with E-state index >= 15 is 0 Å². The van der Waals surface area contributed by atoms with E-state index in [0.717, 1.165) is 12.8 Å². The predicted molar refractivity (Wildman–Crippen MR) is 86.4 cm³/mol. The zero-order valence-electron chi connectivity index (χ0n) is 14.0. The molecule has 134 valence electrons. The predicted octanol–water partition coefficient (Wildman–Crippen LogP) is 0.0480. The monoisotopic (exact) mass is 348 g/mol. The largest absolute Gasteiger partial charge is 0.393 e. The summed E-state index contributed by atoms with van der Waals surface area (Å²) in [6, 6.07) is 0. The lowest BCUT2D eigenvalue weighted by Gasteiger charge is -2.42. The van der Waals surface area contributed by atoms with E-state index in [0.29, 0.717) is 32.5 Å². The smallest absolute Gasteiger partial charge is 0.227 e. The molecule has 1 amide bonds. The molecule has 2 unspecified atom stereocenters. The van der Waals surface area contributed by atoms with E-state index in [1.54, 1.807) is 18.9 Å². The standard InChI is InChI=1S/C15H28N2O5S/c1-3-23(20,21)17-9-4-6-13(10-17)14(19)16-8-5-7-15(11-16,12-18)22-2/h13,18H,3-12H2,1-2H3. The Balaban J connectivity index is 2.05. The molecule has 2 atom stereocenters. The lowest BCUT2D eigenvalue weighted by molar-refractivity contribution is -0.149. The van der Waals surface area contributed by atoms with Crippen LogP contribution < -0.4 is 0 Å². The topological polar surface area (TPSA) is 87.2 Å². The average Bonchev–Trinajstić information content (AvgIpc) is 2.61. The quantitative estimate of drug-likeness (QED) is 0.758. The van der Waals surface area contributed by atoms with Crippen molar-refractivity contribution in [2.24, 2.45) is 5.92 Å². The van der Waals surface area contributed by atoms with Gasteiger partial charge in [0.2, 0.25) is 15.9 Å². The number of piperidine rings is 2. The number of amides is 1. The van der Waals surface area contributed by atoms with Crippen molar-refractivity contribution in [3.63, 3.8) is 0 Å². The van der Waals surface area contributed by atoms with E-state index in [-0.39, 0.29) is 30.7 Å². The van der Waals surface area contributed by atoms with Gasteiger partial charge >= 0.3 is 0 Å². The van der Waals surface area contributed by atoms with Gasteiger partial charge in [0.15, 0.2) is 0 Å². The summed E-state index contributed by atoms with van der Waals surface area (Å²) in [5.41, 5.74) is -0.683. The molecule has 0 spiro atoms. The van der Waals surface area contributed by atoms with E-state index in [9.17, 15) is 18.3 Å². The third kappa shape index (κ3) is 4.04. The van der Waals surface area contributed by atoms with Crippen molar-refractivity contribution in [1.29, 1.82) is 0 Å². The molecule has 0 aromatic rings. The molecule has 0 radical (unpaired) electrons. The zero-order valence-corrected chi connectivity index (χ0v) is 14.8. The Morgan fingerprint density at radius 2 is 2.09 bits per heavy atom. The highest BCUT2D eigenvalue weighted by molar-refractivity contribution is 7.89. The summed E-state index contributed by atoms with van der Waals surface area (Å²) < 4.78 is 31.0. The van der Waals surface area contributed by atoms with Crippen molar-refractivity contribution in [3.8, 4) is 0 Å². The number of carbonyl (C=O) groups is 1. The Morgan fingerprint density at radius 3 is 2.70 bits per heavy atom. The van der Waals surface area contributed by atoms with Crippen LogP contribution in [-0.2, 0) is 19.6 Å². The van der Waals surface area contributed by atoms with Gasteiger partial charge in [0, 0.05) is 26.7 Å². The van der Waals surface area contributed by atoms with Gasteiger partial charge in [0.1, 0.15) is 5.60 Å². The highest BCUT2D eigenvalue weighted by Gasteiger charge is 2.40. The summed E-state index contributed by atoms with van der Waals surface area (Å²) in [6.07, 6.45) is 2.93. The van der Waals surface area contributed by atoms with Gasteiger partial charge in [-0.1, -0.05) is 0 Å². The first-order valence-electron chi connectivity index (χ1n) is 8.30. The van der Waals surface area contributed by atoms with E-state index < -0.39 is 15.6 Å². The summed E-state index contributed by atoms with van der Waals surface area (Å²) in [5.74, 6) is -0.249. The summed E-state index contributed by atoms with van der Waals surface area (Å²) >= 11 is 0. The van der Waals surface area contributed by atoms with Gasteiger partial charge in [0.25, 0.3) is 0 Å². The van der Waals surface area contributed by atoms with Crippen LogP contribution in [0.25, 0.3) is 0 Å². The molecule has 8 heteroatoms. The normalized spacial score (nSPS) is 30.4. The van der Waals surface area contributed by atoms with Crippen LogP contribution in [-0.4, -0.2) is 79.9 Å². The molecular weight excluding hydrogens is 320 g/mol. The van der Waals surface area contributed by atoms with Crippen molar-refractivity contribution < 1.29 is 23.1 Å². The number of likely N-dealkylation sites (tertiary alicyclic amines) is 1. The van der Waals surface area contributed by atoms with Crippen LogP contribution in [0, 0.1) is 5.92 Å². The number of methoxy groups -OCH3 is 1. The first kappa shape index (κ1) is 18.6. The van der Waals surface area contributed by atoms with E-state index in [1.165, 1.54) is 4.31 Å². The minimum absolute atomic E-state index is 0.0180. The van der Waals surface area contributed by atoms with Crippen LogP contribution in [0.1, 0.15) is 32.6 Å². The van der Waals surface area contributed by atoms with Gasteiger partial charge in [-0.25, -0.2) is 12.7 Å². The second-order valence-corrected chi connectivity index (χ2v) is 8.76. The Morgan fingerprint density at radius 1 is 1.35 bits per heavy atom. The molecule has 0 bridgehead atoms. The second kappa shape index (κ2) is 7.46. The molecule has 0 saturated carbocycles. The number of aliphatic hydroxyl groups is 1. The molecule has 2 heterocycles. The van der Waals surface area contributed by atoms with Gasteiger partial charge in [-0.05, 0) is 32.6 Å². The van der Waals surface area contributed by atoms with Crippen molar-refractivity contribution in [2.45, 2.75) is 38.2 Å². The molecule has 2 rings (SSSR count). The van der Waals surface area contributed by atoms with Gasteiger partial charge in [-0.15, -0.1) is 0 Å². The Labute approximate surface area is 138 Å². The second-order valence-electron chi connectivity index (χ2n) is 6.51. The minimum Gasteiger partial charge on any atom is -0.393 e. The first-order valence-corrected chi connectivity index (χ1v) is 9.91. The maximum absolute atomic E-state index is 12.8. The summed E-state index contributed by atoms with van der Waals surface area (Å²) in [5, 5.41) is 9.58. The molecule has 7 nitrogen and oxygen atoms in total. The number of ether oxygens (including phenoxy) is 1. The molecule has 0 aromatic heterocycles. The minimum atomic E-state index is -3.25. The van der Waals surface area contributed by atoms with Crippen LogP contribution >= 0.6 is 0 Å². The van der Waals surface area contributed by atoms with Crippen molar-refractivity contribution in [3.05, 3.63) is 0 Å². The van der Waals surface area contributed by atoms with Gasteiger partial charge in [0.05, 0.1) is 24.8 Å². The molecule has 2 fully saturated rings. The molecule has 1 N–H and O–H groups in total. The number of rotatable bonds is 5. The molecule has 2 aliphatic heterocycles. The van der Waals surface area contributed by atoms with Gasteiger partial charge in [-0.3, -0.25) is 4.79 Å². The molecule has 2 aliphatic rings. The number of nitrogens with zero attached hydrogens (tertiary/aromatic N) is 2. The molecule has 0 aliphatic carbocycles. The number of hydrogen-bond acceptors (Lipinski definition) is 5. The lowest BCUT2D eigenvalue weighted by atomic mass is 9.91. The maximum atomic E-state index is 12.8. The van der Waals surface area contributed by atoms with Gasteiger partial charge < -0.3 is 14.7 Å². The number of carbonyl (C=O) groups excluding carboxylic acids is 1. The maximum Gasteiger partial charge on any atom is 0.227 e. The molecule has 23 heavy (non-hydrogen) atoms. The Kier molecular flexibility index (Phi) is 6.05. The summed E-state index contributed by atoms with van der Waals surface area (Å²) in [4.78, 5) is 14.5. The highest BCUT2D eigenvalue weighted by Crippen LogP contribution is 2.28. The first-order chi connectivity index (χ1) is 10.9. The zero-order chi connectivity index (χ0) is 17.1. The summed E-state index contributed by atoms with van der Waals surface area (Å²) in [6.45, 7) is 3.29. The third-order valence-electron chi connectivity index (χ3n) is 5.06. The van der Waals surface area contributed by atoms with Crippen LogP contribution in [0.3, 0.4) is 0 Å². The molecule has 2 saturated heterocycles.